The molecule has 0 aliphatic carbocycles. The zero-order valence-corrected chi connectivity index (χ0v) is 12.6. The van der Waals surface area contributed by atoms with Crippen LogP contribution in [-0.2, 0) is 24.8 Å². The Labute approximate surface area is 120 Å². The van der Waals surface area contributed by atoms with E-state index in [4.69, 9.17) is 0 Å². The topological polar surface area (TPSA) is 46.9 Å². The minimum Gasteiger partial charge on any atom is -0.352 e. The molecule has 0 aliphatic heterocycles. The van der Waals surface area contributed by atoms with Gasteiger partial charge < -0.3 is 5.32 Å². The van der Waals surface area contributed by atoms with E-state index in [0.29, 0.717) is 13.0 Å². The van der Waals surface area contributed by atoms with Gasteiger partial charge >= 0.3 is 0 Å². The molecule has 1 heterocycles. The zero-order chi connectivity index (χ0) is 13.8. The number of carbonyl (C=O) groups is 1. The third-order valence-electron chi connectivity index (χ3n) is 2.87. The van der Waals surface area contributed by atoms with Crippen molar-refractivity contribution in [1.29, 1.82) is 0 Å². The van der Waals surface area contributed by atoms with Crippen LogP contribution < -0.4 is 5.32 Å². The SMILES string of the molecule is Cc1nn(C)cc1CNC(=O)Cc1ccc(Br)cc1. The van der Waals surface area contributed by atoms with Gasteiger partial charge in [-0.05, 0) is 24.6 Å². The summed E-state index contributed by atoms with van der Waals surface area (Å²) < 4.78 is 2.77. The molecule has 5 heteroatoms. The molecule has 2 aromatic rings. The van der Waals surface area contributed by atoms with Crippen molar-refractivity contribution in [3.05, 3.63) is 51.8 Å². The molecule has 2 rings (SSSR count). The lowest BCUT2D eigenvalue weighted by atomic mass is 10.1. The summed E-state index contributed by atoms with van der Waals surface area (Å²) in [4.78, 5) is 11.8. The van der Waals surface area contributed by atoms with Crippen LogP contribution in [0, 0.1) is 6.92 Å². The van der Waals surface area contributed by atoms with Gasteiger partial charge in [-0.25, -0.2) is 0 Å². The summed E-state index contributed by atoms with van der Waals surface area (Å²) in [5.74, 6) is 0.0191. The van der Waals surface area contributed by atoms with Crippen molar-refractivity contribution >= 4 is 21.8 Å². The first-order chi connectivity index (χ1) is 9.04. The Kier molecular flexibility index (Phi) is 4.37. The van der Waals surface area contributed by atoms with E-state index in [1.165, 1.54) is 0 Å². The van der Waals surface area contributed by atoms with Crippen LogP contribution in [0.25, 0.3) is 0 Å². The molecule has 1 aromatic carbocycles. The number of hydrogen-bond acceptors (Lipinski definition) is 2. The Hall–Kier alpha value is -1.62. The Balaban J connectivity index is 1.88. The number of rotatable bonds is 4. The number of aryl methyl sites for hydroxylation is 2. The zero-order valence-electron chi connectivity index (χ0n) is 11.0. The summed E-state index contributed by atoms with van der Waals surface area (Å²) in [7, 11) is 1.88. The number of amides is 1. The monoisotopic (exact) mass is 321 g/mol. The molecule has 0 unspecified atom stereocenters. The first-order valence-corrected chi connectivity index (χ1v) is 6.84. The highest BCUT2D eigenvalue weighted by atomic mass is 79.9. The summed E-state index contributed by atoms with van der Waals surface area (Å²) in [6, 6.07) is 7.76. The molecule has 4 nitrogen and oxygen atoms in total. The van der Waals surface area contributed by atoms with Crippen LogP contribution >= 0.6 is 15.9 Å². The van der Waals surface area contributed by atoms with Gasteiger partial charge in [-0.2, -0.15) is 5.10 Å². The molecule has 1 aromatic heterocycles. The summed E-state index contributed by atoms with van der Waals surface area (Å²) in [5.41, 5.74) is 3.00. The van der Waals surface area contributed by atoms with Gasteiger partial charge in [0.05, 0.1) is 12.1 Å². The van der Waals surface area contributed by atoms with Crippen LogP contribution in [0.1, 0.15) is 16.8 Å². The average molecular weight is 322 g/mol. The Morgan fingerprint density at radius 2 is 2.05 bits per heavy atom. The summed E-state index contributed by atoms with van der Waals surface area (Å²) >= 11 is 3.37. The maximum atomic E-state index is 11.8. The highest BCUT2D eigenvalue weighted by Gasteiger charge is 2.06. The van der Waals surface area contributed by atoms with Crippen LogP contribution in [0.15, 0.2) is 34.9 Å². The van der Waals surface area contributed by atoms with E-state index in [1.54, 1.807) is 4.68 Å². The highest BCUT2D eigenvalue weighted by Crippen LogP contribution is 2.11. The van der Waals surface area contributed by atoms with Crippen LogP contribution in [-0.4, -0.2) is 15.7 Å². The van der Waals surface area contributed by atoms with Crippen LogP contribution in [0.4, 0.5) is 0 Å². The second-order valence-electron chi connectivity index (χ2n) is 4.49. The van der Waals surface area contributed by atoms with Gasteiger partial charge in [0.25, 0.3) is 0 Å². The predicted molar refractivity (Wildman–Crippen MR) is 77.6 cm³/mol. The molecule has 0 spiro atoms. The van der Waals surface area contributed by atoms with Gasteiger partial charge in [-0.1, -0.05) is 28.1 Å². The quantitative estimate of drug-likeness (QED) is 0.939. The molecule has 0 atom stereocenters. The van der Waals surface area contributed by atoms with Gasteiger partial charge in [0.2, 0.25) is 5.91 Å². The molecule has 100 valence electrons. The van der Waals surface area contributed by atoms with E-state index in [9.17, 15) is 4.79 Å². The number of hydrogen-bond donors (Lipinski definition) is 1. The van der Waals surface area contributed by atoms with Crippen molar-refractivity contribution in [2.45, 2.75) is 19.9 Å². The third-order valence-corrected chi connectivity index (χ3v) is 3.40. The number of benzene rings is 1. The fraction of sp³-hybridized carbons (Fsp3) is 0.286. The molecule has 1 N–H and O–H groups in total. The van der Waals surface area contributed by atoms with Crippen molar-refractivity contribution in [1.82, 2.24) is 15.1 Å². The van der Waals surface area contributed by atoms with E-state index >= 15 is 0 Å². The fourth-order valence-corrected chi connectivity index (χ4v) is 2.13. The molecular weight excluding hydrogens is 306 g/mol. The van der Waals surface area contributed by atoms with E-state index < -0.39 is 0 Å². The van der Waals surface area contributed by atoms with Gasteiger partial charge in [0.1, 0.15) is 0 Å². The first-order valence-electron chi connectivity index (χ1n) is 6.05. The van der Waals surface area contributed by atoms with Gasteiger partial charge in [-0.15, -0.1) is 0 Å². The number of halogens is 1. The Bertz CT molecular complexity index is 575. The highest BCUT2D eigenvalue weighted by molar-refractivity contribution is 9.10. The molecule has 0 aliphatic rings. The molecule has 19 heavy (non-hydrogen) atoms. The number of aromatic nitrogens is 2. The molecule has 0 fully saturated rings. The standard InChI is InChI=1S/C14H16BrN3O/c1-10-12(9-18(2)17-10)8-16-14(19)7-11-3-5-13(15)6-4-11/h3-6,9H,7-8H2,1-2H3,(H,16,19). The largest absolute Gasteiger partial charge is 0.352 e. The average Bonchev–Trinajstić information content (AvgIpc) is 2.68. The normalized spacial score (nSPS) is 10.5. The van der Waals surface area contributed by atoms with Crippen LogP contribution in [0.5, 0.6) is 0 Å². The lowest BCUT2D eigenvalue weighted by Gasteiger charge is -2.04. The van der Waals surface area contributed by atoms with Gasteiger partial charge in [0, 0.05) is 29.8 Å². The van der Waals surface area contributed by atoms with E-state index in [1.807, 2.05) is 44.4 Å². The van der Waals surface area contributed by atoms with Crippen molar-refractivity contribution in [3.63, 3.8) is 0 Å². The van der Waals surface area contributed by atoms with E-state index in [2.05, 4.69) is 26.3 Å². The molecule has 1 amide bonds. The summed E-state index contributed by atoms with van der Waals surface area (Å²) in [6.45, 7) is 2.46. The Morgan fingerprint density at radius 1 is 1.37 bits per heavy atom. The summed E-state index contributed by atoms with van der Waals surface area (Å²) in [5, 5.41) is 7.16. The molecular formula is C14H16BrN3O. The lowest BCUT2D eigenvalue weighted by molar-refractivity contribution is -0.120. The van der Waals surface area contributed by atoms with Crippen LogP contribution in [0.3, 0.4) is 0 Å². The van der Waals surface area contributed by atoms with E-state index in [0.717, 1.165) is 21.3 Å². The smallest absolute Gasteiger partial charge is 0.224 e. The molecule has 0 saturated carbocycles. The number of nitrogens with one attached hydrogen (secondary N) is 1. The fourth-order valence-electron chi connectivity index (χ4n) is 1.87. The van der Waals surface area contributed by atoms with Crippen molar-refractivity contribution in [2.24, 2.45) is 7.05 Å². The minimum atomic E-state index is 0.0191. The van der Waals surface area contributed by atoms with Crippen molar-refractivity contribution in [2.75, 3.05) is 0 Å². The maximum Gasteiger partial charge on any atom is 0.224 e. The van der Waals surface area contributed by atoms with Gasteiger partial charge in [-0.3, -0.25) is 9.48 Å². The maximum absolute atomic E-state index is 11.8. The van der Waals surface area contributed by atoms with Gasteiger partial charge in [0.15, 0.2) is 0 Å². The number of nitrogens with zero attached hydrogens (tertiary/aromatic N) is 2. The first kappa shape index (κ1) is 13.8. The minimum absolute atomic E-state index is 0.0191. The predicted octanol–water partition coefficient (Wildman–Crippen LogP) is 2.35. The second-order valence-corrected chi connectivity index (χ2v) is 5.41. The van der Waals surface area contributed by atoms with Crippen LogP contribution in [0.2, 0.25) is 0 Å². The lowest BCUT2D eigenvalue weighted by Crippen LogP contribution is -2.24. The summed E-state index contributed by atoms with van der Waals surface area (Å²) in [6.07, 6.45) is 2.32. The number of carbonyl (C=O) groups excluding carboxylic acids is 1. The van der Waals surface area contributed by atoms with Crippen molar-refractivity contribution < 1.29 is 4.79 Å². The van der Waals surface area contributed by atoms with Crippen molar-refractivity contribution in [3.8, 4) is 0 Å². The molecule has 0 radical (unpaired) electrons. The van der Waals surface area contributed by atoms with E-state index in [-0.39, 0.29) is 5.91 Å². The Morgan fingerprint density at radius 3 is 2.63 bits per heavy atom. The second kappa shape index (κ2) is 6.02. The molecule has 0 bridgehead atoms. The third kappa shape index (κ3) is 3.92. The molecule has 0 saturated heterocycles.